The maximum atomic E-state index is 12.6. The Morgan fingerprint density at radius 1 is 1.14 bits per heavy atom. The van der Waals surface area contributed by atoms with Gasteiger partial charge in [-0.1, -0.05) is 49.1 Å². The third-order valence-electron chi connectivity index (χ3n) is 5.93. The highest BCUT2D eigenvalue weighted by atomic mass is 16.2. The molecule has 2 heterocycles. The molecule has 1 unspecified atom stereocenters. The zero-order valence-electron chi connectivity index (χ0n) is 16.4. The second-order valence-electron chi connectivity index (χ2n) is 8.10. The van der Waals surface area contributed by atoms with Gasteiger partial charge in [0.05, 0.1) is 5.69 Å². The van der Waals surface area contributed by atoms with Crippen LogP contribution in [0.15, 0.2) is 35.1 Å². The summed E-state index contributed by atoms with van der Waals surface area (Å²) in [5.74, 6) is 0.663. The lowest BCUT2D eigenvalue weighted by Gasteiger charge is -2.31. The summed E-state index contributed by atoms with van der Waals surface area (Å²) in [6, 6.07) is 10.2. The number of carbonyl (C=O) groups is 1. The number of nitrogens with zero attached hydrogens (tertiary/aromatic N) is 2. The van der Waals surface area contributed by atoms with Gasteiger partial charge in [-0.2, -0.15) is 0 Å². The van der Waals surface area contributed by atoms with Crippen LogP contribution in [-0.4, -0.2) is 33.4 Å². The molecule has 1 aromatic carbocycles. The molecule has 28 heavy (non-hydrogen) atoms. The molecule has 2 aromatic rings. The number of benzene rings is 1. The first kappa shape index (κ1) is 18.7. The monoisotopic (exact) mass is 380 g/mol. The van der Waals surface area contributed by atoms with Crippen LogP contribution in [0.1, 0.15) is 61.3 Å². The van der Waals surface area contributed by atoms with Crippen LogP contribution >= 0.6 is 0 Å². The van der Waals surface area contributed by atoms with E-state index in [9.17, 15) is 9.59 Å². The molecule has 0 spiro atoms. The van der Waals surface area contributed by atoms with Gasteiger partial charge in [0.15, 0.2) is 0 Å². The Bertz CT molecular complexity index is 884. The van der Waals surface area contributed by atoms with Gasteiger partial charge in [0.1, 0.15) is 0 Å². The molecule has 1 aliphatic carbocycles. The van der Waals surface area contributed by atoms with Crippen molar-refractivity contribution < 1.29 is 4.79 Å². The summed E-state index contributed by atoms with van der Waals surface area (Å²) < 4.78 is 0. The average Bonchev–Trinajstić information content (AvgIpc) is 3.10. The molecule has 1 saturated carbocycles. The summed E-state index contributed by atoms with van der Waals surface area (Å²) in [5.41, 5.74) is 2.87. The summed E-state index contributed by atoms with van der Waals surface area (Å²) in [4.78, 5) is 34.1. The van der Waals surface area contributed by atoms with E-state index in [2.05, 4.69) is 46.5 Å². The van der Waals surface area contributed by atoms with Crippen LogP contribution in [0.2, 0.25) is 0 Å². The highest BCUT2D eigenvalue weighted by Crippen LogP contribution is 2.32. The first-order chi connectivity index (χ1) is 13.6. The molecule has 148 valence electrons. The Kier molecular flexibility index (Phi) is 5.46. The number of carbonyl (C=O) groups excluding carboxylic acids is 1. The SMILES string of the molecule is Cc1ccc(CNc2nc(C3CC(=O)N(C4CCCCC4)C3)cc(=O)[nH]2)cc1. The Balaban J connectivity index is 1.45. The van der Waals surface area contributed by atoms with Gasteiger partial charge < -0.3 is 10.2 Å². The number of anilines is 1. The minimum atomic E-state index is -0.181. The van der Waals surface area contributed by atoms with Crippen LogP contribution < -0.4 is 10.9 Å². The number of hydrogen-bond acceptors (Lipinski definition) is 4. The molecule has 2 N–H and O–H groups in total. The van der Waals surface area contributed by atoms with Crippen LogP contribution in [0.25, 0.3) is 0 Å². The lowest BCUT2D eigenvalue weighted by molar-refractivity contribution is -0.130. The van der Waals surface area contributed by atoms with E-state index in [4.69, 9.17) is 0 Å². The van der Waals surface area contributed by atoms with Crippen molar-refractivity contribution in [3.05, 3.63) is 57.5 Å². The number of likely N-dealkylation sites (tertiary alicyclic amines) is 1. The fourth-order valence-corrected chi connectivity index (χ4v) is 4.34. The molecule has 1 amide bonds. The Morgan fingerprint density at radius 3 is 2.64 bits per heavy atom. The van der Waals surface area contributed by atoms with E-state index in [1.54, 1.807) is 6.07 Å². The zero-order chi connectivity index (χ0) is 19.5. The van der Waals surface area contributed by atoms with E-state index >= 15 is 0 Å². The van der Waals surface area contributed by atoms with Crippen molar-refractivity contribution in [2.45, 2.75) is 64.0 Å². The predicted molar refractivity (Wildman–Crippen MR) is 109 cm³/mol. The Hall–Kier alpha value is -2.63. The molecule has 0 radical (unpaired) electrons. The van der Waals surface area contributed by atoms with Crippen LogP contribution in [0.4, 0.5) is 5.95 Å². The normalized spacial score (nSPS) is 20.5. The number of aryl methyl sites for hydroxylation is 1. The molecule has 1 saturated heterocycles. The molecule has 0 bridgehead atoms. The summed E-state index contributed by atoms with van der Waals surface area (Å²) in [5, 5.41) is 3.21. The van der Waals surface area contributed by atoms with Crippen LogP contribution in [0.5, 0.6) is 0 Å². The predicted octanol–water partition coefficient (Wildman–Crippen LogP) is 3.34. The van der Waals surface area contributed by atoms with E-state index in [-0.39, 0.29) is 17.4 Å². The molecular weight excluding hydrogens is 352 g/mol. The van der Waals surface area contributed by atoms with Crippen molar-refractivity contribution in [2.75, 3.05) is 11.9 Å². The fourth-order valence-electron chi connectivity index (χ4n) is 4.34. The number of H-pyrrole nitrogens is 1. The number of amides is 1. The van der Waals surface area contributed by atoms with Crippen molar-refractivity contribution in [2.24, 2.45) is 0 Å². The first-order valence-corrected chi connectivity index (χ1v) is 10.3. The van der Waals surface area contributed by atoms with Crippen molar-refractivity contribution in [3.63, 3.8) is 0 Å². The minimum absolute atomic E-state index is 0.00310. The molecule has 2 aliphatic rings. The third-order valence-corrected chi connectivity index (χ3v) is 5.93. The average molecular weight is 380 g/mol. The Morgan fingerprint density at radius 2 is 1.89 bits per heavy atom. The smallest absolute Gasteiger partial charge is 0.252 e. The largest absolute Gasteiger partial charge is 0.352 e. The van der Waals surface area contributed by atoms with Crippen LogP contribution in [0.3, 0.4) is 0 Å². The van der Waals surface area contributed by atoms with Crippen LogP contribution in [-0.2, 0) is 11.3 Å². The first-order valence-electron chi connectivity index (χ1n) is 10.3. The van der Waals surface area contributed by atoms with Crippen molar-refractivity contribution in [1.29, 1.82) is 0 Å². The van der Waals surface area contributed by atoms with E-state index in [0.717, 1.165) is 18.4 Å². The van der Waals surface area contributed by atoms with Gasteiger partial charge in [0.25, 0.3) is 5.56 Å². The van der Waals surface area contributed by atoms with Crippen molar-refractivity contribution >= 4 is 11.9 Å². The molecule has 4 rings (SSSR count). The van der Waals surface area contributed by atoms with Gasteiger partial charge in [0.2, 0.25) is 11.9 Å². The number of aromatic amines is 1. The van der Waals surface area contributed by atoms with Gasteiger partial charge >= 0.3 is 0 Å². The summed E-state index contributed by atoms with van der Waals surface area (Å²) in [6.45, 7) is 3.32. The number of rotatable bonds is 5. The quantitative estimate of drug-likeness (QED) is 0.834. The molecule has 2 fully saturated rings. The fraction of sp³-hybridized carbons (Fsp3) is 0.500. The van der Waals surface area contributed by atoms with Gasteiger partial charge in [-0.25, -0.2) is 4.98 Å². The standard InChI is InChI=1S/C22H28N4O2/c1-15-7-9-16(10-8-15)13-23-22-24-19(12-20(27)25-22)17-11-21(28)26(14-17)18-5-3-2-4-6-18/h7-10,12,17-18H,2-6,11,13-14H2,1H3,(H2,23,24,25,27). The number of aromatic nitrogens is 2. The minimum Gasteiger partial charge on any atom is -0.352 e. The second-order valence-corrected chi connectivity index (χ2v) is 8.10. The zero-order valence-corrected chi connectivity index (χ0v) is 16.4. The second kappa shape index (κ2) is 8.17. The lowest BCUT2D eigenvalue weighted by atomic mass is 9.94. The number of hydrogen-bond donors (Lipinski definition) is 2. The maximum absolute atomic E-state index is 12.6. The molecular formula is C22H28N4O2. The van der Waals surface area contributed by atoms with Gasteiger partial charge in [-0.3, -0.25) is 14.6 Å². The third kappa shape index (κ3) is 4.26. The highest BCUT2D eigenvalue weighted by Gasteiger charge is 2.36. The van der Waals surface area contributed by atoms with Gasteiger partial charge in [-0.15, -0.1) is 0 Å². The highest BCUT2D eigenvalue weighted by molar-refractivity contribution is 5.80. The molecule has 1 atom stereocenters. The van der Waals surface area contributed by atoms with Gasteiger partial charge in [0, 0.05) is 37.5 Å². The lowest BCUT2D eigenvalue weighted by Crippen LogP contribution is -2.37. The summed E-state index contributed by atoms with van der Waals surface area (Å²) in [7, 11) is 0. The molecule has 6 nitrogen and oxygen atoms in total. The van der Waals surface area contributed by atoms with Gasteiger partial charge in [-0.05, 0) is 25.3 Å². The molecule has 1 aromatic heterocycles. The van der Waals surface area contributed by atoms with E-state index in [0.29, 0.717) is 37.2 Å². The maximum Gasteiger partial charge on any atom is 0.252 e. The van der Waals surface area contributed by atoms with Crippen molar-refractivity contribution in [3.8, 4) is 0 Å². The van der Waals surface area contributed by atoms with E-state index in [1.807, 2.05) is 4.90 Å². The molecule has 1 aliphatic heterocycles. The van der Waals surface area contributed by atoms with E-state index in [1.165, 1.54) is 24.8 Å². The topological polar surface area (TPSA) is 78.1 Å². The summed E-state index contributed by atoms with van der Waals surface area (Å²) >= 11 is 0. The van der Waals surface area contributed by atoms with Crippen LogP contribution in [0, 0.1) is 6.92 Å². The number of nitrogens with one attached hydrogen (secondary N) is 2. The summed E-state index contributed by atoms with van der Waals surface area (Å²) in [6.07, 6.45) is 6.33. The Labute approximate surface area is 165 Å². The van der Waals surface area contributed by atoms with Crippen molar-refractivity contribution in [1.82, 2.24) is 14.9 Å². The molecule has 6 heteroatoms. The van der Waals surface area contributed by atoms with E-state index < -0.39 is 0 Å².